The molecule has 0 aliphatic rings. The third-order valence-electron chi connectivity index (χ3n) is 2.36. The minimum Gasteiger partial charge on any atom is -0.360 e. The number of nitrogens with one attached hydrogen (secondary N) is 1. The largest absolute Gasteiger partial charge is 0.360 e. The summed E-state index contributed by atoms with van der Waals surface area (Å²) >= 11 is 5.79. The van der Waals surface area contributed by atoms with Crippen LogP contribution in [-0.4, -0.2) is 20.2 Å². The SMILES string of the molecule is Clc1cnnc(-c2c[nH]c3ccccc23)n1. The quantitative estimate of drug-likeness (QED) is 0.699. The molecule has 0 saturated carbocycles. The number of nitrogens with zero attached hydrogens (tertiary/aromatic N) is 3. The summed E-state index contributed by atoms with van der Waals surface area (Å²) in [5, 5.41) is 9.16. The number of aromatic nitrogens is 4. The Labute approximate surface area is 96.3 Å². The molecule has 3 aromatic rings. The predicted molar refractivity (Wildman–Crippen MR) is 62.1 cm³/mol. The molecule has 0 radical (unpaired) electrons. The first-order chi connectivity index (χ1) is 7.84. The third kappa shape index (κ3) is 1.44. The van der Waals surface area contributed by atoms with Crippen LogP contribution in [0.25, 0.3) is 22.3 Å². The van der Waals surface area contributed by atoms with E-state index in [4.69, 9.17) is 11.6 Å². The van der Waals surface area contributed by atoms with Gasteiger partial charge in [0.1, 0.15) is 0 Å². The van der Waals surface area contributed by atoms with Crippen molar-refractivity contribution in [1.82, 2.24) is 20.2 Å². The van der Waals surface area contributed by atoms with Crippen molar-refractivity contribution in [3.8, 4) is 11.4 Å². The average molecular weight is 231 g/mol. The van der Waals surface area contributed by atoms with Gasteiger partial charge in [-0.05, 0) is 6.07 Å². The molecular weight excluding hydrogens is 224 g/mol. The van der Waals surface area contributed by atoms with E-state index in [-0.39, 0.29) is 0 Å². The molecule has 3 rings (SSSR count). The van der Waals surface area contributed by atoms with Gasteiger partial charge in [0.2, 0.25) is 0 Å². The van der Waals surface area contributed by atoms with Crippen LogP contribution in [0.2, 0.25) is 5.15 Å². The first-order valence-electron chi connectivity index (χ1n) is 4.76. The predicted octanol–water partition coefficient (Wildman–Crippen LogP) is 2.67. The second-order valence-corrected chi connectivity index (χ2v) is 3.74. The Bertz CT molecular complexity index is 647. The highest BCUT2D eigenvalue weighted by Gasteiger charge is 2.08. The molecular formula is C11H7ClN4. The van der Waals surface area contributed by atoms with E-state index >= 15 is 0 Å². The fraction of sp³-hybridized carbons (Fsp3) is 0. The maximum atomic E-state index is 5.79. The molecule has 2 aromatic heterocycles. The number of aromatic amines is 1. The zero-order valence-electron chi connectivity index (χ0n) is 8.18. The molecule has 0 amide bonds. The van der Waals surface area contributed by atoms with Crippen LogP contribution in [0.1, 0.15) is 0 Å². The van der Waals surface area contributed by atoms with Gasteiger partial charge >= 0.3 is 0 Å². The molecule has 0 atom stereocenters. The summed E-state index contributed by atoms with van der Waals surface area (Å²) < 4.78 is 0. The fourth-order valence-corrected chi connectivity index (χ4v) is 1.78. The molecule has 1 N–H and O–H groups in total. The van der Waals surface area contributed by atoms with E-state index in [1.54, 1.807) is 0 Å². The molecule has 1 aromatic carbocycles. The number of H-pyrrole nitrogens is 1. The van der Waals surface area contributed by atoms with Crippen molar-refractivity contribution < 1.29 is 0 Å². The molecule has 0 saturated heterocycles. The normalized spacial score (nSPS) is 10.8. The van der Waals surface area contributed by atoms with Gasteiger partial charge < -0.3 is 4.98 Å². The second kappa shape index (κ2) is 3.57. The Morgan fingerprint density at radius 3 is 2.94 bits per heavy atom. The van der Waals surface area contributed by atoms with Gasteiger partial charge in [0.15, 0.2) is 11.0 Å². The van der Waals surface area contributed by atoms with Crippen molar-refractivity contribution in [3.63, 3.8) is 0 Å². The van der Waals surface area contributed by atoms with Gasteiger partial charge in [0.05, 0.1) is 6.20 Å². The van der Waals surface area contributed by atoms with Crippen LogP contribution in [-0.2, 0) is 0 Å². The Morgan fingerprint density at radius 2 is 2.06 bits per heavy atom. The molecule has 2 heterocycles. The monoisotopic (exact) mass is 230 g/mol. The average Bonchev–Trinajstić information content (AvgIpc) is 2.72. The van der Waals surface area contributed by atoms with Crippen LogP contribution in [0.15, 0.2) is 36.7 Å². The van der Waals surface area contributed by atoms with Gasteiger partial charge in [-0.15, -0.1) is 5.10 Å². The number of rotatable bonds is 1. The highest BCUT2D eigenvalue weighted by molar-refractivity contribution is 6.29. The molecule has 0 bridgehead atoms. The van der Waals surface area contributed by atoms with Gasteiger partial charge in [-0.3, -0.25) is 0 Å². The lowest BCUT2D eigenvalue weighted by atomic mass is 10.2. The summed E-state index contributed by atoms with van der Waals surface area (Å²) in [5.74, 6) is 0.532. The number of benzene rings is 1. The lowest BCUT2D eigenvalue weighted by Gasteiger charge is -1.96. The number of fused-ring (bicyclic) bond motifs is 1. The molecule has 0 aliphatic carbocycles. The molecule has 4 nitrogen and oxygen atoms in total. The molecule has 16 heavy (non-hydrogen) atoms. The Kier molecular flexibility index (Phi) is 2.08. The summed E-state index contributed by atoms with van der Waals surface area (Å²) in [6.07, 6.45) is 3.28. The van der Waals surface area contributed by atoms with Crippen molar-refractivity contribution in [2.45, 2.75) is 0 Å². The van der Waals surface area contributed by atoms with Gasteiger partial charge in [0, 0.05) is 22.7 Å². The first kappa shape index (κ1) is 9.30. The summed E-state index contributed by atoms with van der Waals surface area (Å²) in [6, 6.07) is 7.94. The smallest absolute Gasteiger partial charge is 0.185 e. The minimum absolute atomic E-state index is 0.343. The Balaban J connectivity index is 2.26. The molecule has 0 fully saturated rings. The van der Waals surface area contributed by atoms with Crippen LogP contribution < -0.4 is 0 Å². The van der Waals surface area contributed by atoms with E-state index in [0.717, 1.165) is 16.5 Å². The van der Waals surface area contributed by atoms with E-state index in [1.165, 1.54) is 6.20 Å². The fourth-order valence-electron chi connectivity index (χ4n) is 1.65. The number of hydrogen-bond donors (Lipinski definition) is 1. The number of para-hydroxylation sites is 1. The summed E-state index contributed by atoms with van der Waals surface area (Å²) in [5.41, 5.74) is 1.95. The molecule has 5 heteroatoms. The molecule has 0 unspecified atom stereocenters. The van der Waals surface area contributed by atoms with Gasteiger partial charge in [-0.25, -0.2) is 4.98 Å². The van der Waals surface area contributed by atoms with Crippen LogP contribution >= 0.6 is 11.6 Å². The van der Waals surface area contributed by atoms with Gasteiger partial charge in [-0.2, -0.15) is 5.10 Å². The van der Waals surface area contributed by atoms with E-state index in [9.17, 15) is 0 Å². The third-order valence-corrected chi connectivity index (χ3v) is 2.54. The zero-order chi connectivity index (χ0) is 11.0. The molecule has 0 aliphatic heterocycles. The zero-order valence-corrected chi connectivity index (χ0v) is 8.94. The first-order valence-corrected chi connectivity index (χ1v) is 5.14. The maximum Gasteiger partial charge on any atom is 0.185 e. The summed E-state index contributed by atoms with van der Waals surface area (Å²) in [4.78, 5) is 7.29. The van der Waals surface area contributed by atoms with Crippen molar-refractivity contribution >= 4 is 22.5 Å². The topological polar surface area (TPSA) is 54.5 Å². The lowest BCUT2D eigenvalue weighted by molar-refractivity contribution is 0.982. The van der Waals surface area contributed by atoms with Crippen LogP contribution in [0.4, 0.5) is 0 Å². The standard InChI is InChI=1S/C11H7ClN4/c12-10-6-14-16-11(15-10)8-5-13-9-4-2-1-3-7(8)9/h1-6,13H. The van der Waals surface area contributed by atoms with Crippen LogP contribution in [0, 0.1) is 0 Å². The highest BCUT2D eigenvalue weighted by atomic mass is 35.5. The van der Waals surface area contributed by atoms with E-state index in [2.05, 4.69) is 20.2 Å². The maximum absolute atomic E-state index is 5.79. The van der Waals surface area contributed by atoms with Gasteiger partial charge in [-0.1, -0.05) is 29.8 Å². The Morgan fingerprint density at radius 1 is 1.19 bits per heavy atom. The Hall–Kier alpha value is -1.94. The summed E-state index contributed by atoms with van der Waals surface area (Å²) in [6.45, 7) is 0. The second-order valence-electron chi connectivity index (χ2n) is 3.35. The van der Waals surface area contributed by atoms with Crippen LogP contribution in [0.5, 0.6) is 0 Å². The van der Waals surface area contributed by atoms with Crippen molar-refractivity contribution in [2.24, 2.45) is 0 Å². The molecule has 78 valence electrons. The number of hydrogen-bond acceptors (Lipinski definition) is 3. The lowest BCUT2D eigenvalue weighted by Crippen LogP contribution is -1.90. The minimum atomic E-state index is 0.343. The molecule has 0 spiro atoms. The van der Waals surface area contributed by atoms with E-state index in [1.807, 2.05) is 30.5 Å². The van der Waals surface area contributed by atoms with Crippen molar-refractivity contribution in [2.75, 3.05) is 0 Å². The highest BCUT2D eigenvalue weighted by Crippen LogP contribution is 2.25. The van der Waals surface area contributed by atoms with Crippen molar-refractivity contribution in [3.05, 3.63) is 41.8 Å². The van der Waals surface area contributed by atoms with E-state index in [0.29, 0.717) is 11.0 Å². The van der Waals surface area contributed by atoms with Crippen molar-refractivity contribution in [1.29, 1.82) is 0 Å². The van der Waals surface area contributed by atoms with Gasteiger partial charge in [0.25, 0.3) is 0 Å². The number of halogens is 1. The van der Waals surface area contributed by atoms with E-state index < -0.39 is 0 Å². The summed E-state index contributed by atoms with van der Waals surface area (Å²) in [7, 11) is 0. The van der Waals surface area contributed by atoms with Crippen LogP contribution in [0.3, 0.4) is 0 Å².